The number of nitrogens with zero attached hydrogens (tertiary/aromatic N) is 1. The Morgan fingerprint density at radius 2 is 2.14 bits per heavy atom. The largest absolute Gasteiger partial charge is 0.461 e. The molecule has 0 bridgehead atoms. The lowest BCUT2D eigenvalue weighted by atomic mass is 10.1. The molecule has 0 saturated heterocycles. The SMILES string of the molecule is O=C(OCCCl)c1csnc1-c1cccc(C(F)(F)F)c1. The Morgan fingerprint density at radius 1 is 1.38 bits per heavy atom. The first-order valence-electron chi connectivity index (χ1n) is 5.78. The van der Waals surface area contributed by atoms with Crippen LogP contribution in [0.15, 0.2) is 29.6 Å². The molecule has 0 N–H and O–H groups in total. The number of hydrogen-bond donors (Lipinski definition) is 0. The number of halogens is 4. The zero-order valence-corrected chi connectivity index (χ0v) is 12.1. The van der Waals surface area contributed by atoms with Crippen LogP contribution in [0.4, 0.5) is 13.2 Å². The van der Waals surface area contributed by atoms with Gasteiger partial charge in [0.2, 0.25) is 0 Å². The molecule has 0 aliphatic heterocycles. The van der Waals surface area contributed by atoms with Gasteiger partial charge >= 0.3 is 12.1 Å². The summed E-state index contributed by atoms with van der Waals surface area (Å²) in [6.07, 6.45) is -4.45. The fourth-order valence-corrected chi connectivity index (χ4v) is 2.39. The van der Waals surface area contributed by atoms with Crippen LogP contribution in [-0.4, -0.2) is 22.8 Å². The molecule has 2 aromatic rings. The third kappa shape index (κ3) is 3.74. The van der Waals surface area contributed by atoms with Gasteiger partial charge in [-0.25, -0.2) is 4.79 Å². The molecular weight excluding hydrogens is 327 g/mol. The number of hydrogen-bond acceptors (Lipinski definition) is 4. The van der Waals surface area contributed by atoms with Crippen molar-refractivity contribution in [2.45, 2.75) is 6.18 Å². The van der Waals surface area contributed by atoms with E-state index in [2.05, 4.69) is 4.37 Å². The minimum absolute atomic E-state index is 0.0261. The lowest BCUT2D eigenvalue weighted by molar-refractivity contribution is -0.137. The maximum atomic E-state index is 12.7. The highest BCUT2D eigenvalue weighted by Crippen LogP contribution is 2.33. The maximum Gasteiger partial charge on any atom is 0.416 e. The van der Waals surface area contributed by atoms with Gasteiger partial charge in [0.05, 0.1) is 22.7 Å². The molecule has 0 fully saturated rings. The standard InChI is InChI=1S/C13H9ClF3NO2S/c14-4-5-20-12(19)10-7-21-18-11(10)8-2-1-3-9(6-8)13(15,16)17/h1-3,6-7H,4-5H2. The van der Waals surface area contributed by atoms with Crippen molar-refractivity contribution in [3.63, 3.8) is 0 Å². The van der Waals surface area contributed by atoms with Crippen molar-refractivity contribution < 1.29 is 22.7 Å². The van der Waals surface area contributed by atoms with Crippen molar-refractivity contribution >= 4 is 29.1 Å². The second-order valence-electron chi connectivity index (χ2n) is 3.98. The Labute approximate surface area is 127 Å². The molecule has 112 valence electrons. The monoisotopic (exact) mass is 335 g/mol. The third-order valence-electron chi connectivity index (χ3n) is 2.56. The van der Waals surface area contributed by atoms with Crippen molar-refractivity contribution in [3.05, 3.63) is 40.8 Å². The second-order valence-corrected chi connectivity index (χ2v) is 4.99. The average molecular weight is 336 g/mol. The van der Waals surface area contributed by atoms with Gasteiger partial charge in [0.25, 0.3) is 0 Å². The van der Waals surface area contributed by atoms with Crippen LogP contribution in [0.25, 0.3) is 11.3 Å². The Hall–Kier alpha value is -1.60. The lowest BCUT2D eigenvalue weighted by Gasteiger charge is -2.08. The van der Waals surface area contributed by atoms with E-state index in [0.29, 0.717) is 0 Å². The van der Waals surface area contributed by atoms with Crippen molar-refractivity contribution in [1.29, 1.82) is 0 Å². The number of esters is 1. The quantitative estimate of drug-likeness (QED) is 0.620. The van der Waals surface area contributed by atoms with Gasteiger partial charge in [0.1, 0.15) is 6.61 Å². The molecule has 1 aromatic heterocycles. The molecule has 21 heavy (non-hydrogen) atoms. The predicted octanol–water partition coefficient (Wildman–Crippen LogP) is 4.22. The Balaban J connectivity index is 2.35. The molecule has 1 aromatic carbocycles. The number of ether oxygens (including phenoxy) is 1. The van der Waals surface area contributed by atoms with Gasteiger partial charge in [0.15, 0.2) is 0 Å². The van der Waals surface area contributed by atoms with E-state index in [1.807, 2.05) is 0 Å². The number of carbonyl (C=O) groups excluding carboxylic acids is 1. The summed E-state index contributed by atoms with van der Waals surface area (Å²) in [6.45, 7) is 0.0261. The molecule has 0 unspecified atom stereocenters. The van der Waals surface area contributed by atoms with Crippen LogP contribution in [0.1, 0.15) is 15.9 Å². The van der Waals surface area contributed by atoms with E-state index in [-0.39, 0.29) is 29.3 Å². The van der Waals surface area contributed by atoms with E-state index < -0.39 is 17.7 Å². The number of aromatic nitrogens is 1. The van der Waals surface area contributed by atoms with Gasteiger partial charge in [-0.15, -0.1) is 11.6 Å². The van der Waals surface area contributed by atoms with Crippen molar-refractivity contribution in [1.82, 2.24) is 4.37 Å². The predicted molar refractivity (Wildman–Crippen MR) is 73.6 cm³/mol. The zero-order valence-electron chi connectivity index (χ0n) is 10.5. The first kappa shape index (κ1) is 15.8. The summed E-state index contributed by atoms with van der Waals surface area (Å²) in [4.78, 5) is 11.8. The first-order chi connectivity index (χ1) is 9.93. The van der Waals surface area contributed by atoms with Crippen LogP contribution in [0.5, 0.6) is 0 Å². The first-order valence-corrected chi connectivity index (χ1v) is 7.15. The van der Waals surface area contributed by atoms with E-state index >= 15 is 0 Å². The van der Waals surface area contributed by atoms with Crippen molar-refractivity contribution in [3.8, 4) is 11.3 Å². The normalized spacial score (nSPS) is 11.4. The maximum absolute atomic E-state index is 12.7. The Bertz CT molecular complexity index is 642. The smallest absolute Gasteiger partial charge is 0.416 e. The molecule has 0 spiro atoms. The highest BCUT2D eigenvalue weighted by Gasteiger charge is 2.31. The Morgan fingerprint density at radius 3 is 2.81 bits per heavy atom. The number of alkyl halides is 4. The summed E-state index contributed by atoms with van der Waals surface area (Å²) in [5, 5.41) is 1.44. The van der Waals surface area contributed by atoms with Gasteiger partial charge in [-0.2, -0.15) is 17.5 Å². The molecule has 2 rings (SSSR count). The van der Waals surface area contributed by atoms with Crippen LogP contribution in [-0.2, 0) is 10.9 Å². The van der Waals surface area contributed by atoms with E-state index in [1.54, 1.807) is 0 Å². The minimum atomic E-state index is -4.45. The summed E-state index contributed by atoms with van der Waals surface area (Å²) in [6, 6.07) is 4.64. The van der Waals surface area contributed by atoms with Crippen molar-refractivity contribution in [2.75, 3.05) is 12.5 Å². The average Bonchev–Trinajstić information content (AvgIpc) is 2.93. The third-order valence-corrected chi connectivity index (χ3v) is 3.35. The van der Waals surface area contributed by atoms with Gasteiger partial charge in [-0.3, -0.25) is 0 Å². The van der Waals surface area contributed by atoms with Gasteiger partial charge in [0, 0.05) is 10.9 Å². The van der Waals surface area contributed by atoms with E-state index in [4.69, 9.17) is 16.3 Å². The Kier molecular flexibility index (Phi) is 4.84. The molecule has 0 radical (unpaired) electrons. The highest BCUT2D eigenvalue weighted by atomic mass is 35.5. The van der Waals surface area contributed by atoms with Gasteiger partial charge in [-0.1, -0.05) is 12.1 Å². The summed E-state index contributed by atoms with van der Waals surface area (Å²) in [7, 11) is 0. The second kappa shape index (κ2) is 6.44. The van der Waals surface area contributed by atoms with Gasteiger partial charge in [-0.05, 0) is 23.7 Å². The van der Waals surface area contributed by atoms with Crippen LogP contribution in [0, 0.1) is 0 Å². The van der Waals surface area contributed by atoms with Gasteiger partial charge < -0.3 is 4.74 Å². The fourth-order valence-electron chi connectivity index (χ4n) is 1.64. The number of carbonyl (C=O) groups is 1. The molecule has 0 amide bonds. The zero-order chi connectivity index (χ0) is 15.5. The van der Waals surface area contributed by atoms with Crippen LogP contribution >= 0.6 is 23.1 Å². The summed E-state index contributed by atoms with van der Waals surface area (Å²) < 4.78 is 47.0. The van der Waals surface area contributed by atoms with E-state index in [9.17, 15) is 18.0 Å². The number of benzene rings is 1. The molecule has 1 heterocycles. The molecule has 8 heteroatoms. The van der Waals surface area contributed by atoms with E-state index in [1.165, 1.54) is 17.5 Å². The summed E-state index contributed by atoms with van der Waals surface area (Å²) >= 11 is 6.39. The summed E-state index contributed by atoms with van der Waals surface area (Å²) in [5.74, 6) is -0.515. The molecule has 0 atom stereocenters. The molecule has 3 nitrogen and oxygen atoms in total. The molecule has 0 aliphatic rings. The molecule has 0 aliphatic carbocycles. The fraction of sp³-hybridized carbons (Fsp3) is 0.231. The topological polar surface area (TPSA) is 39.2 Å². The molecular formula is C13H9ClF3NO2S. The van der Waals surface area contributed by atoms with Crippen LogP contribution in [0.2, 0.25) is 0 Å². The van der Waals surface area contributed by atoms with Crippen LogP contribution < -0.4 is 0 Å². The van der Waals surface area contributed by atoms with E-state index in [0.717, 1.165) is 23.7 Å². The van der Waals surface area contributed by atoms with Crippen molar-refractivity contribution in [2.24, 2.45) is 0 Å². The highest BCUT2D eigenvalue weighted by molar-refractivity contribution is 7.04. The summed E-state index contributed by atoms with van der Waals surface area (Å²) in [5.41, 5.74) is -0.285. The minimum Gasteiger partial charge on any atom is -0.461 e. The number of rotatable bonds is 4. The lowest BCUT2D eigenvalue weighted by Crippen LogP contribution is -2.08. The van der Waals surface area contributed by atoms with Crippen LogP contribution in [0.3, 0.4) is 0 Å². The molecule has 0 saturated carbocycles.